The summed E-state index contributed by atoms with van der Waals surface area (Å²) >= 11 is 0. The zero-order chi connectivity index (χ0) is 8.27. The van der Waals surface area contributed by atoms with Crippen molar-refractivity contribution in [3.8, 4) is 5.75 Å². The molecule has 0 saturated carbocycles. The van der Waals surface area contributed by atoms with Gasteiger partial charge in [-0.2, -0.15) is 0 Å². The lowest BCUT2D eigenvalue weighted by Gasteiger charge is -2.01. The van der Waals surface area contributed by atoms with Crippen LogP contribution in [0.25, 0.3) is 0 Å². The minimum absolute atomic E-state index is 0.194. The molecular weight excluding hydrogens is 149 g/mol. The number of nitrogens with one attached hydrogen (secondary N) is 1. The summed E-state index contributed by atoms with van der Waals surface area (Å²) in [7, 11) is -1.86. The summed E-state index contributed by atoms with van der Waals surface area (Å²) < 4.78 is 4.41. The fourth-order valence-corrected chi connectivity index (χ4v) is 0.591. The quantitative estimate of drug-likeness (QED) is 0.464. The molecule has 0 radical (unpaired) electrons. The summed E-state index contributed by atoms with van der Waals surface area (Å²) in [4.78, 5) is 12.8. The van der Waals surface area contributed by atoms with Crippen LogP contribution in [0.4, 0.5) is 0 Å². The van der Waals surface area contributed by atoms with Gasteiger partial charge in [0, 0.05) is 12.3 Å². The molecule has 11 heavy (non-hydrogen) atoms. The first-order chi connectivity index (χ1) is 5.18. The molecule has 5 nitrogen and oxygen atoms in total. The van der Waals surface area contributed by atoms with E-state index in [2.05, 4.69) is 9.64 Å². The first kappa shape index (κ1) is 7.84. The smallest absolute Gasteiger partial charge is 0.511 e. The Bertz CT molecular complexity index is 264. The van der Waals surface area contributed by atoms with Crippen molar-refractivity contribution in [2.75, 3.05) is 0 Å². The monoisotopic (exact) mass is 155 g/mol. The Morgan fingerprint density at radius 1 is 1.45 bits per heavy atom. The number of H-pyrrole nitrogens is 1. The highest BCUT2D eigenvalue weighted by atomic mass is 16.6. The molecule has 0 spiro atoms. The minimum Gasteiger partial charge on any atom is -0.511 e. The number of pyridine rings is 1. The lowest BCUT2D eigenvalue weighted by molar-refractivity contribution is 0.287. The molecule has 0 saturated heterocycles. The second-order valence-corrected chi connectivity index (χ2v) is 1.83. The molecule has 1 aromatic rings. The molecule has 0 atom stereocenters. The van der Waals surface area contributed by atoms with Crippen LogP contribution in [0, 0.1) is 0 Å². The Morgan fingerprint density at radius 2 is 2.18 bits per heavy atom. The highest BCUT2D eigenvalue weighted by Crippen LogP contribution is 2.03. The summed E-state index contributed by atoms with van der Waals surface area (Å²) in [5, 5.41) is 16.6. The van der Waals surface area contributed by atoms with Crippen LogP contribution < -0.4 is 10.2 Å². The molecule has 6 heteroatoms. The Hall–Kier alpha value is -1.27. The summed E-state index contributed by atoms with van der Waals surface area (Å²) in [5.74, 6) is 0.194. The number of aromatic amines is 1. The number of hydrogen-bond acceptors (Lipinski definition) is 4. The zero-order valence-electron chi connectivity index (χ0n) is 5.52. The van der Waals surface area contributed by atoms with Crippen molar-refractivity contribution in [1.29, 1.82) is 0 Å². The molecule has 58 valence electrons. The van der Waals surface area contributed by atoms with Crippen molar-refractivity contribution in [1.82, 2.24) is 4.98 Å². The van der Waals surface area contributed by atoms with Crippen LogP contribution in [0.15, 0.2) is 23.1 Å². The van der Waals surface area contributed by atoms with Gasteiger partial charge in [-0.05, 0) is 6.07 Å². The number of rotatable bonds is 2. The van der Waals surface area contributed by atoms with Crippen molar-refractivity contribution in [2.45, 2.75) is 0 Å². The molecule has 0 aliphatic heterocycles. The maximum Gasteiger partial charge on any atom is 0.707 e. The van der Waals surface area contributed by atoms with Crippen molar-refractivity contribution >= 4 is 7.32 Å². The van der Waals surface area contributed by atoms with E-state index in [1.165, 1.54) is 18.3 Å². The summed E-state index contributed by atoms with van der Waals surface area (Å²) in [5.41, 5.74) is -0.273. The molecule has 1 aromatic heterocycles. The van der Waals surface area contributed by atoms with Gasteiger partial charge in [0.1, 0.15) is 5.75 Å². The number of aromatic nitrogens is 1. The molecule has 1 rings (SSSR count). The Kier molecular flexibility index (Phi) is 2.30. The highest BCUT2D eigenvalue weighted by Gasteiger charge is 2.10. The van der Waals surface area contributed by atoms with Crippen molar-refractivity contribution in [3.05, 3.63) is 28.7 Å². The normalized spacial score (nSPS) is 9.27. The summed E-state index contributed by atoms with van der Waals surface area (Å²) in [6, 6.07) is 2.55. The van der Waals surface area contributed by atoms with Gasteiger partial charge in [-0.1, -0.05) is 0 Å². The fraction of sp³-hybridized carbons (Fsp3) is 0. The van der Waals surface area contributed by atoms with Crippen LogP contribution in [0.5, 0.6) is 5.75 Å². The van der Waals surface area contributed by atoms with E-state index in [0.717, 1.165) is 0 Å². The molecule has 1 heterocycles. The molecule has 0 aliphatic rings. The average molecular weight is 155 g/mol. The topological polar surface area (TPSA) is 82.6 Å². The van der Waals surface area contributed by atoms with Gasteiger partial charge in [0.05, 0.1) is 0 Å². The van der Waals surface area contributed by atoms with Crippen molar-refractivity contribution in [2.24, 2.45) is 0 Å². The highest BCUT2D eigenvalue weighted by molar-refractivity contribution is 6.33. The van der Waals surface area contributed by atoms with Crippen LogP contribution in [-0.4, -0.2) is 22.4 Å². The molecule has 3 N–H and O–H groups in total. The first-order valence-corrected chi connectivity index (χ1v) is 2.90. The predicted octanol–water partition coefficient (Wildman–Crippen LogP) is -1.28. The lowest BCUT2D eigenvalue weighted by atomic mass is 10.2. The fourth-order valence-electron chi connectivity index (χ4n) is 0.591. The van der Waals surface area contributed by atoms with E-state index in [4.69, 9.17) is 10.0 Å². The third-order valence-electron chi connectivity index (χ3n) is 0.997. The van der Waals surface area contributed by atoms with Crippen LogP contribution in [0.2, 0.25) is 0 Å². The van der Waals surface area contributed by atoms with E-state index in [-0.39, 0.29) is 11.3 Å². The van der Waals surface area contributed by atoms with Gasteiger partial charge in [0.15, 0.2) is 0 Å². The predicted molar refractivity (Wildman–Crippen MR) is 37.9 cm³/mol. The van der Waals surface area contributed by atoms with Gasteiger partial charge >= 0.3 is 7.32 Å². The molecule has 0 aliphatic carbocycles. The maximum atomic E-state index is 10.5. The third kappa shape index (κ3) is 2.44. The molecule has 0 unspecified atom stereocenters. The van der Waals surface area contributed by atoms with Gasteiger partial charge in [0.25, 0.3) is 0 Å². The van der Waals surface area contributed by atoms with E-state index < -0.39 is 7.32 Å². The second-order valence-electron chi connectivity index (χ2n) is 1.83. The van der Waals surface area contributed by atoms with Crippen molar-refractivity contribution in [3.63, 3.8) is 0 Å². The van der Waals surface area contributed by atoms with Crippen LogP contribution in [-0.2, 0) is 0 Å². The maximum absolute atomic E-state index is 10.5. The van der Waals surface area contributed by atoms with Gasteiger partial charge in [-0.25, -0.2) is 0 Å². The Morgan fingerprint density at radius 3 is 2.64 bits per heavy atom. The zero-order valence-corrected chi connectivity index (χ0v) is 5.52. The van der Waals surface area contributed by atoms with Crippen LogP contribution in [0.1, 0.15) is 0 Å². The van der Waals surface area contributed by atoms with Crippen molar-refractivity contribution < 1.29 is 14.7 Å². The Balaban J connectivity index is 2.74. The number of hydrogen-bond donors (Lipinski definition) is 3. The molecular formula is C5H6BNO4. The van der Waals surface area contributed by atoms with E-state index in [1.807, 2.05) is 0 Å². The third-order valence-corrected chi connectivity index (χ3v) is 0.997. The lowest BCUT2D eigenvalue weighted by Crippen LogP contribution is -2.21. The van der Waals surface area contributed by atoms with E-state index in [1.54, 1.807) is 0 Å². The van der Waals surface area contributed by atoms with E-state index in [0.29, 0.717) is 0 Å². The van der Waals surface area contributed by atoms with E-state index in [9.17, 15) is 4.79 Å². The second kappa shape index (κ2) is 3.22. The molecule has 0 aromatic carbocycles. The van der Waals surface area contributed by atoms with Crippen LogP contribution in [0.3, 0.4) is 0 Å². The summed E-state index contributed by atoms with van der Waals surface area (Å²) in [6.45, 7) is 0. The van der Waals surface area contributed by atoms with Gasteiger partial charge in [0.2, 0.25) is 5.56 Å². The SMILES string of the molecule is O=c1ccc(OB(O)O)c[nH]1. The molecule has 0 bridgehead atoms. The Labute approximate surface area is 62.4 Å². The van der Waals surface area contributed by atoms with Gasteiger partial charge in [-0.3, -0.25) is 4.79 Å². The standard InChI is InChI=1S/C5H6BNO4/c8-5-2-1-4(3-7-5)11-6(9)10/h1-3,9-10H,(H,7,8). The average Bonchev–Trinajstić information content (AvgIpc) is 1.93. The summed E-state index contributed by atoms with van der Waals surface area (Å²) in [6.07, 6.45) is 1.24. The van der Waals surface area contributed by atoms with E-state index >= 15 is 0 Å². The van der Waals surface area contributed by atoms with Crippen LogP contribution >= 0.6 is 0 Å². The van der Waals surface area contributed by atoms with Gasteiger partial charge in [-0.15, -0.1) is 0 Å². The first-order valence-electron chi connectivity index (χ1n) is 2.90. The molecule has 0 fully saturated rings. The van der Waals surface area contributed by atoms with Gasteiger partial charge < -0.3 is 19.7 Å². The molecule has 0 amide bonds. The largest absolute Gasteiger partial charge is 0.707 e. The minimum atomic E-state index is -1.86.